The molecular weight excluding hydrogens is 260 g/mol. The molecule has 0 N–H and O–H groups in total. The normalized spacial score (nSPS) is 21.6. The Kier molecular flexibility index (Phi) is 3.27. The summed E-state index contributed by atoms with van der Waals surface area (Å²) in [5.74, 6) is 0.690. The first-order valence-corrected chi connectivity index (χ1v) is 7.13. The van der Waals surface area contributed by atoms with E-state index in [4.69, 9.17) is 9.15 Å². The van der Waals surface area contributed by atoms with Crippen LogP contribution in [0.1, 0.15) is 32.1 Å². The lowest BCUT2D eigenvalue weighted by Gasteiger charge is -2.36. The minimum atomic E-state index is -0.325. The maximum absolute atomic E-state index is 11.5. The number of aryl methyl sites for hydroxylation is 1. The highest BCUT2D eigenvalue weighted by molar-refractivity contribution is 5.70. The number of carbonyl (C=O) groups is 1. The lowest BCUT2D eigenvalue weighted by atomic mass is 9.91. The van der Waals surface area contributed by atoms with Gasteiger partial charge in [-0.15, -0.1) is 5.10 Å². The van der Waals surface area contributed by atoms with Gasteiger partial charge in [-0.2, -0.15) is 0 Å². The van der Waals surface area contributed by atoms with Crippen molar-refractivity contribution in [3.05, 3.63) is 5.89 Å². The molecule has 3 heterocycles. The van der Waals surface area contributed by atoms with E-state index in [1.165, 1.54) is 0 Å². The molecule has 1 amide bonds. The Bertz CT molecular complexity index is 494. The van der Waals surface area contributed by atoms with Crippen molar-refractivity contribution in [3.63, 3.8) is 0 Å². The van der Waals surface area contributed by atoms with Gasteiger partial charge in [0.1, 0.15) is 5.60 Å². The highest BCUT2D eigenvalue weighted by atomic mass is 16.6. The van der Waals surface area contributed by atoms with Gasteiger partial charge in [0.2, 0.25) is 5.89 Å². The average Bonchev–Trinajstić information content (AvgIpc) is 2.98. The van der Waals surface area contributed by atoms with Gasteiger partial charge in [-0.25, -0.2) is 4.79 Å². The van der Waals surface area contributed by atoms with Crippen LogP contribution in [0, 0.1) is 0 Å². The largest absolute Gasteiger partial charge is 0.441 e. The molecule has 7 heteroatoms. The molecule has 2 aliphatic rings. The first-order chi connectivity index (χ1) is 9.62. The Morgan fingerprint density at radius 2 is 2.05 bits per heavy atom. The predicted molar refractivity (Wildman–Crippen MR) is 71.6 cm³/mol. The lowest BCUT2D eigenvalue weighted by molar-refractivity contribution is 0.0360. The molecule has 1 aromatic rings. The van der Waals surface area contributed by atoms with Crippen LogP contribution in [0.5, 0.6) is 0 Å². The Morgan fingerprint density at radius 3 is 2.65 bits per heavy atom. The molecule has 3 rings (SSSR count). The standard InChI is InChI=1S/C13H20N4O3/c1-3-4-10-14-15-11(19-10)17-7-5-13(6-8-17)9-16(2)12(18)20-13/h3-9H2,1-2H3. The third-order valence-electron chi connectivity index (χ3n) is 4.01. The summed E-state index contributed by atoms with van der Waals surface area (Å²) in [5, 5.41) is 8.14. The Balaban J connectivity index is 1.62. The van der Waals surface area contributed by atoms with Crippen LogP contribution in [0.4, 0.5) is 10.8 Å². The maximum Gasteiger partial charge on any atom is 0.410 e. The summed E-state index contributed by atoms with van der Waals surface area (Å²) in [6.07, 6.45) is 3.19. The minimum absolute atomic E-state index is 0.221. The van der Waals surface area contributed by atoms with Gasteiger partial charge < -0.3 is 19.0 Å². The molecule has 2 fully saturated rings. The molecule has 0 saturated carbocycles. The van der Waals surface area contributed by atoms with Crippen molar-refractivity contribution in [1.29, 1.82) is 0 Å². The van der Waals surface area contributed by atoms with E-state index in [0.29, 0.717) is 18.5 Å². The van der Waals surface area contributed by atoms with Gasteiger partial charge in [0.15, 0.2) is 0 Å². The van der Waals surface area contributed by atoms with Gasteiger partial charge >= 0.3 is 12.1 Å². The number of likely N-dealkylation sites (N-methyl/N-ethyl adjacent to an activating group) is 1. The van der Waals surface area contributed by atoms with Crippen LogP contribution in [-0.2, 0) is 11.2 Å². The summed E-state index contributed by atoms with van der Waals surface area (Å²) >= 11 is 0. The zero-order valence-corrected chi connectivity index (χ0v) is 12.0. The number of aromatic nitrogens is 2. The van der Waals surface area contributed by atoms with E-state index in [0.717, 1.165) is 38.8 Å². The monoisotopic (exact) mass is 280 g/mol. The Labute approximate surface area is 117 Å². The SMILES string of the molecule is CCCc1nnc(N2CCC3(CC2)CN(C)C(=O)O3)o1. The fourth-order valence-corrected chi connectivity index (χ4v) is 2.85. The van der Waals surface area contributed by atoms with Crippen molar-refractivity contribution in [2.45, 2.75) is 38.2 Å². The van der Waals surface area contributed by atoms with Gasteiger partial charge in [0, 0.05) is 39.4 Å². The molecule has 1 aromatic heterocycles. The summed E-state index contributed by atoms with van der Waals surface area (Å²) in [4.78, 5) is 15.2. The van der Waals surface area contributed by atoms with Crippen molar-refractivity contribution in [2.24, 2.45) is 0 Å². The summed E-state index contributed by atoms with van der Waals surface area (Å²) in [6, 6.07) is 0.584. The van der Waals surface area contributed by atoms with Crippen LogP contribution in [0.3, 0.4) is 0 Å². The van der Waals surface area contributed by atoms with Crippen LogP contribution in [0.15, 0.2) is 4.42 Å². The molecule has 2 saturated heterocycles. The summed E-state index contributed by atoms with van der Waals surface area (Å²) < 4.78 is 11.2. The van der Waals surface area contributed by atoms with Gasteiger partial charge in [-0.1, -0.05) is 12.0 Å². The number of anilines is 1. The summed E-state index contributed by atoms with van der Waals surface area (Å²) in [6.45, 7) is 4.30. The predicted octanol–water partition coefficient (Wildman–Crippen LogP) is 1.44. The molecule has 0 bridgehead atoms. The molecule has 1 spiro atoms. The van der Waals surface area contributed by atoms with Crippen LogP contribution in [0.25, 0.3) is 0 Å². The molecule has 0 aliphatic carbocycles. The second-order valence-electron chi connectivity index (χ2n) is 5.62. The zero-order chi connectivity index (χ0) is 14.2. The fraction of sp³-hybridized carbons (Fsp3) is 0.769. The van der Waals surface area contributed by atoms with E-state index in [1.807, 2.05) is 0 Å². The summed E-state index contributed by atoms with van der Waals surface area (Å²) in [5.41, 5.74) is -0.325. The molecule has 2 aliphatic heterocycles. The van der Waals surface area contributed by atoms with Crippen molar-refractivity contribution in [3.8, 4) is 0 Å². The topological polar surface area (TPSA) is 71.7 Å². The van der Waals surface area contributed by atoms with Gasteiger partial charge in [0.25, 0.3) is 0 Å². The van der Waals surface area contributed by atoms with Crippen LogP contribution in [0.2, 0.25) is 0 Å². The minimum Gasteiger partial charge on any atom is -0.441 e. The van der Waals surface area contributed by atoms with Crippen LogP contribution >= 0.6 is 0 Å². The second-order valence-corrected chi connectivity index (χ2v) is 5.62. The number of hydrogen-bond donors (Lipinski definition) is 0. The molecule has 110 valence electrons. The van der Waals surface area contributed by atoms with Crippen molar-refractivity contribution >= 4 is 12.1 Å². The number of amides is 1. The Hall–Kier alpha value is -1.79. The van der Waals surface area contributed by atoms with Gasteiger partial charge in [-0.05, 0) is 6.42 Å². The third-order valence-corrected chi connectivity index (χ3v) is 4.01. The quantitative estimate of drug-likeness (QED) is 0.834. The molecule has 0 radical (unpaired) electrons. The van der Waals surface area contributed by atoms with E-state index in [1.54, 1.807) is 11.9 Å². The van der Waals surface area contributed by atoms with Crippen molar-refractivity contribution in [1.82, 2.24) is 15.1 Å². The fourth-order valence-electron chi connectivity index (χ4n) is 2.85. The van der Waals surface area contributed by atoms with Crippen molar-refractivity contribution < 1.29 is 13.9 Å². The summed E-state index contributed by atoms with van der Waals surface area (Å²) in [7, 11) is 1.78. The van der Waals surface area contributed by atoms with Crippen LogP contribution < -0.4 is 4.90 Å². The molecule has 7 nitrogen and oxygen atoms in total. The molecular formula is C13H20N4O3. The number of rotatable bonds is 3. The molecule has 0 aromatic carbocycles. The zero-order valence-electron chi connectivity index (χ0n) is 12.0. The lowest BCUT2D eigenvalue weighted by Crippen LogP contribution is -2.46. The van der Waals surface area contributed by atoms with Gasteiger partial charge in [-0.3, -0.25) is 0 Å². The van der Waals surface area contributed by atoms with E-state index in [9.17, 15) is 4.79 Å². The van der Waals surface area contributed by atoms with E-state index >= 15 is 0 Å². The third kappa shape index (κ3) is 2.32. The van der Waals surface area contributed by atoms with E-state index in [2.05, 4.69) is 22.0 Å². The Morgan fingerprint density at radius 1 is 1.30 bits per heavy atom. The van der Waals surface area contributed by atoms with E-state index in [-0.39, 0.29) is 11.7 Å². The first-order valence-electron chi connectivity index (χ1n) is 7.13. The first kappa shape index (κ1) is 13.2. The van der Waals surface area contributed by atoms with Crippen molar-refractivity contribution in [2.75, 3.05) is 31.6 Å². The highest BCUT2D eigenvalue weighted by Gasteiger charge is 2.46. The number of hydrogen-bond acceptors (Lipinski definition) is 6. The van der Waals surface area contributed by atoms with Crippen LogP contribution in [-0.4, -0.2) is 53.5 Å². The second kappa shape index (κ2) is 4.96. The molecule has 0 unspecified atom stereocenters. The number of nitrogens with zero attached hydrogens (tertiary/aromatic N) is 4. The maximum atomic E-state index is 11.5. The van der Waals surface area contributed by atoms with Gasteiger partial charge in [0.05, 0.1) is 6.54 Å². The smallest absolute Gasteiger partial charge is 0.410 e. The highest BCUT2D eigenvalue weighted by Crippen LogP contribution is 2.33. The van der Waals surface area contributed by atoms with E-state index < -0.39 is 0 Å². The molecule has 0 atom stereocenters. The average molecular weight is 280 g/mol. The number of carbonyl (C=O) groups excluding carboxylic acids is 1. The number of ether oxygens (including phenoxy) is 1. The number of piperidine rings is 1. The molecule has 20 heavy (non-hydrogen) atoms.